The van der Waals surface area contributed by atoms with Gasteiger partial charge < -0.3 is 20.5 Å². The van der Waals surface area contributed by atoms with Gasteiger partial charge in [0.05, 0.1) is 29.3 Å². The van der Waals surface area contributed by atoms with Crippen molar-refractivity contribution in [2.75, 3.05) is 13.2 Å². The van der Waals surface area contributed by atoms with Crippen LogP contribution >= 0.6 is 23.2 Å². The number of carbonyl (C=O) groups is 3. The van der Waals surface area contributed by atoms with Crippen LogP contribution in [0.2, 0.25) is 10.0 Å². The molecule has 0 heterocycles. The Morgan fingerprint density at radius 2 is 1.79 bits per heavy atom. The van der Waals surface area contributed by atoms with E-state index >= 15 is 4.39 Å². The van der Waals surface area contributed by atoms with Crippen molar-refractivity contribution in [3.05, 3.63) is 33.8 Å². The maximum Gasteiger partial charge on any atom is 0.344 e. The Hall–Kier alpha value is -1.90. The van der Waals surface area contributed by atoms with Crippen LogP contribution in [-0.2, 0) is 19.1 Å². The summed E-state index contributed by atoms with van der Waals surface area (Å²) in [6, 6.07) is 3.35. The molecule has 158 valence electrons. The lowest BCUT2D eigenvalue weighted by Gasteiger charge is -2.34. The fraction of sp³-hybridized carbons (Fsp3) is 0.526. The topological polar surface area (TPSA) is 108 Å². The number of alkyl halides is 1. The number of ether oxygens (including phenoxy) is 2. The van der Waals surface area contributed by atoms with Gasteiger partial charge >= 0.3 is 11.9 Å². The molecule has 3 rings (SSSR count). The SMILES string of the molecule is CCOC(=O)[C@@]1(N)[C@H]2[C@@H](C[C@H]1NC(=O)c1ccc(Cl)c(Cl)c1)[C@]2(F)C(=O)OCC. The van der Waals surface area contributed by atoms with Gasteiger partial charge in [0.15, 0.2) is 0 Å². The van der Waals surface area contributed by atoms with E-state index in [1.165, 1.54) is 18.2 Å². The van der Waals surface area contributed by atoms with Gasteiger partial charge in [0.25, 0.3) is 5.91 Å². The van der Waals surface area contributed by atoms with E-state index in [0.29, 0.717) is 0 Å². The largest absolute Gasteiger partial charge is 0.465 e. The van der Waals surface area contributed by atoms with Crippen molar-refractivity contribution in [1.82, 2.24) is 5.32 Å². The third kappa shape index (κ3) is 3.37. The Morgan fingerprint density at radius 1 is 1.17 bits per heavy atom. The summed E-state index contributed by atoms with van der Waals surface area (Å²) in [5.74, 6) is -4.49. The zero-order valence-electron chi connectivity index (χ0n) is 15.8. The normalized spacial score (nSPS) is 32.3. The van der Waals surface area contributed by atoms with E-state index in [0.717, 1.165) is 0 Å². The minimum atomic E-state index is -2.37. The minimum Gasteiger partial charge on any atom is -0.465 e. The van der Waals surface area contributed by atoms with Crippen molar-refractivity contribution in [3.63, 3.8) is 0 Å². The minimum absolute atomic E-state index is 0.00158. The summed E-state index contributed by atoms with van der Waals surface area (Å²) in [4.78, 5) is 37.4. The number of hydrogen-bond donors (Lipinski definition) is 2. The monoisotopic (exact) mass is 446 g/mol. The zero-order chi connectivity index (χ0) is 21.6. The van der Waals surface area contributed by atoms with Crippen LogP contribution in [0.1, 0.15) is 30.6 Å². The summed E-state index contributed by atoms with van der Waals surface area (Å²) < 4.78 is 25.2. The van der Waals surface area contributed by atoms with Crippen molar-refractivity contribution < 1.29 is 28.2 Å². The predicted molar refractivity (Wildman–Crippen MR) is 103 cm³/mol. The number of amides is 1. The molecule has 0 unspecified atom stereocenters. The maximum atomic E-state index is 15.3. The number of halogens is 3. The summed E-state index contributed by atoms with van der Waals surface area (Å²) in [6.45, 7) is 3.15. The second-order valence-electron chi connectivity index (χ2n) is 7.12. The lowest BCUT2D eigenvalue weighted by atomic mass is 9.85. The van der Waals surface area contributed by atoms with Crippen molar-refractivity contribution in [2.45, 2.75) is 37.5 Å². The molecule has 2 aliphatic carbocycles. The summed E-state index contributed by atoms with van der Waals surface area (Å²) in [5, 5.41) is 3.12. The van der Waals surface area contributed by atoms with Gasteiger partial charge in [-0.15, -0.1) is 0 Å². The number of fused-ring (bicyclic) bond motifs is 1. The number of benzene rings is 1. The van der Waals surface area contributed by atoms with E-state index in [4.69, 9.17) is 38.4 Å². The highest BCUT2D eigenvalue weighted by atomic mass is 35.5. The molecule has 2 aliphatic rings. The van der Waals surface area contributed by atoms with E-state index < -0.39 is 46.9 Å². The van der Waals surface area contributed by atoms with Gasteiger partial charge in [0.1, 0.15) is 5.54 Å². The molecule has 1 amide bonds. The molecule has 7 nitrogen and oxygen atoms in total. The number of nitrogens with one attached hydrogen (secondary N) is 1. The lowest BCUT2D eigenvalue weighted by molar-refractivity contribution is -0.157. The van der Waals surface area contributed by atoms with Crippen LogP contribution in [0.15, 0.2) is 18.2 Å². The van der Waals surface area contributed by atoms with Crippen LogP contribution in [0, 0.1) is 11.8 Å². The summed E-state index contributed by atoms with van der Waals surface area (Å²) in [7, 11) is 0. The molecule has 0 bridgehead atoms. The van der Waals surface area contributed by atoms with Crippen LogP contribution in [0.3, 0.4) is 0 Å². The van der Waals surface area contributed by atoms with Crippen LogP contribution in [-0.4, -0.2) is 48.3 Å². The van der Waals surface area contributed by atoms with Gasteiger partial charge in [-0.2, -0.15) is 0 Å². The van der Waals surface area contributed by atoms with Crippen LogP contribution in [0.25, 0.3) is 0 Å². The molecule has 0 aliphatic heterocycles. The molecule has 3 N–H and O–H groups in total. The third-order valence-electron chi connectivity index (χ3n) is 5.57. The molecular weight excluding hydrogens is 426 g/mol. The first kappa shape index (κ1) is 21.8. The smallest absolute Gasteiger partial charge is 0.344 e. The van der Waals surface area contributed by atoms with Crippen molar-refractivity contribution >= 4 is 41.0 Å². The quantitative estimate of drug-likeness (QED) is 0.648. The van der Waals surface area contributed by atoms with E-state index in [1.54, 1.807) is 13.8 Å². The van der Waals surface area contributed by atoms with E-state index in [1.807, 2.05) is 0 Å². The van der Waals surface area contributed by atoms with E-state index in [-0.39, 0.29) is 35.2 Å². The summed E-state index contributed by atoms with van der Waals surface area (Å²) in [6.07, 6.45) is -0.0116. The summed E-state index contributed by atoms with van der Waals surface area (Å²) >= 11 is 11.8. The first-order valence-electron chi connectivity index (χ1n) is 9.20. The molecule has 1 aromatic carbocycles. The Labute approximate surface area is 177 Å². The molecule has 1 aromatic rings. The van der Waals surface area contributed by atoms with E-state index in [2.05, 4.69) is 5.32 Å². The Kier molecular flexibility index (Phi) is 5.82. The van der Waals surface area contributed by atoms with Gasteiger partial charge in [0.2, 0.25) is 5.67 Å². The van der Waals surface area contributed by atoms with Gasteiger partial charge in [-0.1, -0.05) is 23.2 Å². The molecule has 2 fully saturated rings. The molecule has 0 saturated heterocycles. The van der Waals surface area contributed by atoms with Gasteiger partial charge in [-0.05, 0) is 38.5 Å². The Balaban J connectivity index is 1.86. The highest BCUT2D eigenvalue weighted by molar-refractivity contribution is 6.42. The molecule has 10 heteroatoms. The Morgan fingerprint density at radius 3 is 2.38 bits per heavy atom. The molecule has 5 atom stereocenters. The number of hydrogen-bond acceptors (Lipinski definition) is 6. The molecule has 0 aromatic heterocycles. The first-order chi connectivity index (χ1) is 13.6. The highest BCUT2D eigenvalue weighted by Gasteiger charge is 2.85. The summed E-state index contributed by atoms with van der Waals surface area (Å²) in [5.41, 5.74) is 2.24. The van der Waals surface area contributed by atoms with Gasteiger partial charge in [-0.25, -0.2) is 14.0 Å². The predicted octanol–water partition coefficient (Wildman–Crippen LogP) is 2.27. The second-order valence-corrected chi connectivity index (χ2v) is 7.93. The number of esters is 2. The standard InChI is InChI=1S/C19H21Cl2FN2O5/c1-3-28-16(26)18(22)10-8-13(19(23,14(10)18)17(27)29-4-2)24-15(25)9-5-6-11(20)12(21)7-9/h5-7,10,13-14H,3-4,8,23H2,1-2H3,(H,24,25)/t10-,13-,14+,18-,19+/m1/s1. The van der Waals surface area contributed by atoms with Crippen molar-refractivity contribution in [2.24, 2.45) is 17.6 Å². The molecular formula is C19H21Cl2FN2O5. The molecule has 0 spiro atoms. The van der Waals surface area contributed by atoms with Crippen molar-refractivity contribution in [1.29, 1.82) is 0 Å². The lowest BCUT2D eigenvalue weighted by Crippen LogP contribution is -2.65. The Bertz CT molecular complexity index is 869. The van der Waals surface area contributed by atoms with Gasteiger partial charge in [0, 0.05) is 17.4 Å². The average molecular weight is 447 g/mol. The number of nitrogens with two attached hydrogens (primary N) is 1. The third-order valence-corrected chi connectivity index (χ3v) is 6.31. The van der Waals surface area contributed by atoms with Crippen molar-refractivity contribution in [3.8, 4) is 0 Å². The van der Waals surface area contributed by atoms with Crippen LogP contribution < -0.4 is 11.1 Å². The van der Waals surface area contributed by atoms with Crippen LogP contribution in [0.5, 0.6) is 0 Å². The van der Waals surface area contributed by atoms with Crippen LogP contribution in [0.4, 0.5) is 4.39 Å². The zero-order valence-corrected chi connectivity index (χ0v) is 17.3. The fourth-order valence-electron chi connectivity index (χ4n) is 4.18. The molecule has 0 radical (unpaired) electrons. The average Bonchev–Trinajstić information content (AvgIpc) is 3.15. The number of rotatable bonds is 6. The molecule has 29 heavy (non-hydrogen) atoms. The second kappa shape index (κ2) is 7.74. The van der Waals surface area contributed by atoms with Gasteiger partial charge in [-0.3, -0.25) is 4.79 Å². The maximum absolute atomic E-state index is 15.3. The fourth-order valence-corrected chi connectivity index (χ4v) is 4.48. The van der Waals surface area contributed by atoms with E-state index in [9.17, 15) is 14.4 Å². The first-order valence-corrected chi connectivity index (χ1v) is 9.95. The molecule has 2 saturated carbocycles. The highest BCUT2D eigenvalue weighted by Crippen LogP contribution is 2.67. The number of carbonyl (C=O) groups excluding carboxylic acids is 3.